The highest BCUT2D eigenvalue weighted by Gasteiger charge is 2.58. The molecule has 0 heterocycles. The van der Waals surface area contributed by atoms with Crippen molar-refractivity contribution in [1.82, 2.24) is 0 Å². The monoisotopic (exact) mass is 402 g/mol. The minimum absolute atomic E-state index is 0.264. The molecule has 0 spiro atoms. The molecule has 0 amide bonds. The number of hydrogen-bond acceptors (Lipinski definition) is 2. The molecule has 0 aromatic carbocycles. The van der Waals surface area contributed by atoms with Crippen LogP contribution in [0, 0.1) is 28.6 Å². The first-order valence-corrected chi connectivity index (χ1v) is 14.2. The molecule has 0 radical (unpaired) electrons. The number of allylic oxidation sites excluding steroid dienone is 2. The van der Waals surface area contributed by atoms with Gasteiger partial charge in [-0.1, -0.05) is 57.6 Å². The molecular formula is C25H42O2Si. The van der Waals surface area contributed by atoms with Crippen molar-refractivity contribution in [3.63, 3.8) is 0 Å². The molecule has 3 aliphatic carbocycles. The van der Waals surface area contributed by atoms with Crippen molar-refractivity contribution in [2.75, 3.05) is 0 Å². The fourth-order valence-electron chi connectivity index (χ4n) is 5.33. The lowest BCUT2D eigenvalue weighted by Gasteiger charge is -2.49. The van der Waals surface area contributed by atoms with E-state index in [0.717, 1.165) is 6.42 Å². The maximum absolute atomic E-state index is 9.95. The van der Waals surface area contributed by atoms with Crippen molar-refractivity contribution in [2.45, 2.75) is 116 Å². The normalized spacial score (nSPS) is 32.2. The van der Waals surface area contributed by atoms with Crippen molar-refractivity contribution < 1.29 is 9.53 Å². The third-order valence-electron chi connectivity index (χ3n) is 8.14. The smallest absolute Gasteiger partial charge is 0.192 e. The lowest BCUT2D eigenvalue weighted by molar-refractivity contribution is 0.0150. The van der Waals surface area contributed by atoms with Gasteiger partial charge in [-0.2, -0.15) is 0 Å². The first kappa shape index (κ1) is 22.1. The Morgan fingerprint density at radius 3 is 2.36 bits per heavy atom. The predicted molar refractivity (Wildman–Crippen MR) is 121 cm³/mol. The molecule has 2 saturated carbocycles. The molecule has 2 fully saturated rings. The van der Waals surface area contributed by atoms with Crippen LogP contribution in [0.3, 0.4) is 0 Å². The third kappa shape index (κ3) is 4.16. The zero-order chi connectivity index (χ0) is 21.0. The molecule has 0 unspecified atom stereocenters. The van der Waals surface area contributed by atoms with E-state index in [1.807, 2.05) is 0 Å². The highest BCUT2D eigenvalue weighted by Crippen LogP contribution is 2.67. The van der Waals surface area contributed by atoms with Gasteiger partial charge in [-0.3, -0.25) is 0 Å². The molecule has 0 saturated heterocycles. The highest BCUT2D eigenvalue weighted by molar-refractivity contribution is 6.74. The highest BCUT2D eigenvalue weighted by atomic mass is 28.4. The standard InChI is InChI=1S/C25H42O2Si/c1-22(2,3)28(7,8)27-20-11-9-15-24(6)19(20)12-13-21(24)25(17-18-25)16-10-14-23(4,5)26/h13,19-20,26H,9,11-12,15-18H2,1-8H3/t19-,20-,24+/m0/s1. The first-order valence-electron chi connectivity index (χ1n) is 11.3. The summed E-state index contributed by atoms with van der Waals surface area (Å²) in [6.07, 6.45) is 11.4. The maximum atomic E-state index is 9.95. The van der Waals surface area contributed by atoms with E-state index < -0.39 is 13.9 Å². The van der Waals surface area contributed by atoms with Crippen molar-refractivity contribution in [1.29, 1.82) is 0 Å². The third-order valence-corrected chi connectivity index (χ3v) is 12.6. The summed E-state index contributed by atoms with van der Waals surface area (Å²) in [5.41, 5.74) is 1.34. The Bertz CT molecular complexity index is 691. The van der Waals surface area contributed by atoms with Crippen LogP contribution in [0.15, 0.2) is 11.6 Å². The van der Waals surface area contributed by atoms with Crippen molar-refractivity contribution in [3.05, 3.63) is 11.6 Å². The Hall–Kier alpha value is -0.563. The molecule has 0 aromatic heterocycles. The van der Waals surface area contributed by atoms with Gasteiger partial charge in [0.2, 0.25) is 0 Å². The molecule has 0 aliphatic heterocycles. The zero-order valence-corrected chi connectivity index (χ0v) is 20.5. The largest absolute Gasteiger partial charge is 0.414 e. The van der Waals surface area contributed by atoms with E-state index in [1.54, 1.807) is 19.4 Å². The summed E-state index contributed by atoms with van der Waals surface area (Å²) < 4.78 is 6.97. The maximum Gasteiger partial charge on any atom is 0.192 e. The second kappa shape index (κ2) is 7.00. The van der Waals surface area contributed by atoms with Crippen LogP contribution in [0.1, 0.15) is 86.5 Å². The Morgan fingerprint density at radius 2 is 1.82 bits per heavy atom. The van der Waals surface area contributed by atoms with Crippen LogP contribution in [0.4, 0.5) is 0 Å². The number of fused-ring (bicyclic) bond motifs is 1. The molecule has 28 heavy (non-hydrogen) atoms. The lowest BCUT2D eigenvalue weighted by Crippen LogP contribution is -2.49. The minimum atomic E-state index is -1.75. The second-order valence-electron chi connectivity index (χ2n) is 12.0. The molecule has 2 nitrogen and oxygen atoms in total. The summed E-state index contributed by atoms with van der Waals surface area (Å²) >= 11 is 0. The van der Waals surface area contributed by atoms with Crippen molar-refractivity contribution in [2.24, 2.45) is 16.7 Å². The predicted octanol–water partition coefficient (Wildman–Crippen LogP) is 6.46. The van der Waals surface area contributed by atoms with Gasteiger partial charge in [-0.05, 0) is 75.4 Å². The van der Waals surface area contributed by atoms with Gasteiger partial charge >= 0.3 is 0 Å². The van der Waals surface area contributed by atoms with Crippen molar-refractivity contribution in [3.8, 4) is 11.8 Å². The van der Waals surface area contributed by atoms with E-state index in [1.165, 1.54) is 38.5 Å². The van der Waals surface area contributed by atoms with Gasteiger partial charge in [0, 0.05) is 17.9 Å². The van der Waals surface area contributed by atoms with Gasteiger partial charge in [0.1, 0.15) is 5.60 Å². The Morgan fingerprint density at radius 1 is 1.18 bits per heavy atom. The topological polar surface area (TPSA) is 29.5 Å². The average molecular weight is 403 g/mol. The van der Waals surface area contributed by atoms with Crippen LogP contribution in [0.2, 0.25) is 18.1 Å². The summed E-state index contributed by atoms with van der Waals surface area (Å²) in [5.74, 6) is 6.99. The summed E-state index contributed by atoms with van der Waals surface area (Å²) in [5, 5.41) is 10.2. The summed E-state index contributed by atoms with van der Waals surface area (Å²) in [6.45, 7) is 17.9. The van der Waals surface area contributed by atoms with Gasteiger partial charge in [0.25, 0.3) is 0 Å². The Labute approximate surface area is 174 Å². The minimum Gasteiger partial charge on any atom is -0.414 e. The molecule has 0 aromatic rings. The van der Waals surface area contributed by atoms with E-state index in [-0.39, 0.29) is 15.9 Å². The fraction of sp³-hybridized carbons (Fsp3) is 0.840. The Balaban J connectivity index is 1.77. The number of rotatable bonds is 4. The van der Waals surface area contributed by atoms with E-state index in [9.17, 15) is 5.11 Å². The van der Waals surface area contributed by atoms with Crippen LogP contribution in [0.25, 0.3) is 0 Å². The summed E-state index contributed by atoms with van der Waals surface area (Å²) in [7, 11) is -1.75. The van der Waals surface area contributed by atoms with E-state index >= 15 is 0 Å². The van der Waals surface area contributed by atoms with Crippen molar-refractivity contribution >= 4 is 8.32 Å². The average Bonchev–Trinajstić information content (AvgIpc) is 3.19. The van der Waals surface area contributed by atoms with Crippen LogP contribution in [-0.4, -0.2) is 25.1 Å². The van der Waals surface area contributed by atoms with Gasteiger partial charge in [-0.15, -0.1) is 0 Å². The van der Waals surface area contributed by atoms with Crippen LogP contribution in [-0.2, 0) is 4.43 Å². The number of aliphatic hydroxyl groups is 1. The van der Waals surface area contributed by atoms with Gasteiger partial charge in [0.15, 0.2) is 8.32 Å². The van der Waals surface area contributed by atoms with Crippen LogP contribution < -0.4 is 0 Å². The summed E-state index contributed by atoms with van der Waals surface area (Å²) in [4.78, 5) is 0. The molecule has 158 valence electrons. The fourth-order valence-corrected chi connectivity index (χ4v) is 6.72. The lowest BCUT2D eigenvalue weighted by atomic mass is 9.62. The molecular weight excluding hydrogens is 360 g/mol. The molecule has 3 aliphatic rings. The van der Waals surface area contributed by atoms with Crippen LogP contribution >= 0.6 is 0 Å². The quantitative estimate of drug-likeness (QED) is 0.332. The molecule has 1 N–H and O–H groups in total. The van der Waals surface area contributed by atoms with E-state index in [0.29, 0.717) is 12.0 Å². The molecule has 0 bridgehead atoms. The van der Waals surface area contributed by atoms with Gasteiger partial charge in [0.05, 0.1) is 0 Å². The van der Waals surface area contributed by atoms with Crippen LogP contribution in [0.5, 0.6) is 0 Å². The molecule has 3 rings (SSSR count). The van der Waals surface area contributed by atoms with Gasteiger partial charge < -0.3 is 9.53 Å². The number of hydrogen-bond donors (Lipinski definition) is 1. The Kier molecular flexibility index (Phi) is 5.53. The van der Waals surface area contributed by atoms with Gasteiger partial charge in [-0.25, -0.2) is 0 Å². The van der Waals surface area contributed by atoms with E-state index in [4.69, 9.17) is 4.43 Å². The SMILES string of the molecule is CC(C)(O)C#CCC1(C2=CC[C@H]3[C@@H](O[Si](C)(C)C(C)(C)C)CCC[C@@]23C)CC1. The molecule has 3 heteroatoms. The summed E-state index contributed by atoms with van der Waals surface area (Å²) in [6, 6.07) is 0. The first-order chi connectivity index (χ1) is 12.7. The zero-order valence-electron chi connectivity index (χ0n) is 19.5. The van der Waals surface area contributed by atoms with E-state index in [2.05, 4.69) is 58.7 Å². The second-order valence-corrected chi connectivity index (χ2v) is 16.8. The molecule has 3 atom stereocenters.